The van der Waals surface area contributed by atoms with Crippen molar-refractivity contribution in [3.63, 3.8) is 0 Å². The summed E-state index contributed by atoms with van der Waals surface area (Å²) in [6.07, 6.45) is -3.12. The Balaban J connectivity index is 1.85. The molecule has 3 aromatic rings. The molecule has 3 rings (SSSR count). The summed E-state index contributed by atoms with van der Waals surface area (Å²) >= 11 is 0. The van der Waals surface area contributed by atoms with Crippen LogP contribution in [-0.2, 0) is 11.0 Å². The summed E-state index contributed by atoms with van der Waals surface area (Å²) in [4.78, 5) is 28.4. The third kappa shape index (κ3) is 4.99. The Morgan fingerprint density at radius 1 is 1.19 bits per heavy atom. The number of alkyl halides is 3. The highest BCUT2D eigenvalue weighted by atomic mass is 19.4. The number of nitrogens with zero attached hydrogens (tertiary/aromatic N) is 1. The molecule has 2 aromatic heterocycles. The van der Waals surface area contributed by atoms with Crippen LogP contribution in [0.2, 0.25) is 0 Å². The van der Waals surface area contributed by atoms with Crippen LogP contribution in [0.25, 0.3) is 11.0 Å². The lowest BCUT2D eigenvalue weighted by atomic mass is 10.2. The lowest BCUT2D eigenvalue weighted by molar-refractivity contribution is -0.136. The van der Waals surface area contributed by atoms with E-state index in [1.54, 1.807) is 0 Å². The minimum atomic E-state index is -4.76. The van der Waals surface area contributed by atoms with E-state index >= 15 is 0 Å². The van der Waals surface area contributed by atoms with E-state index in [0.717, 1.165) is 12.3 Å². The topological polar surface area (TPSA) is 122 Å². The number of ether oxygens (including phenoxy) is 1. The summed E-state index contributed by atoms with van der Waals surface area (Å²) in [5.41, 5.74) is 3.33. The first-order chi connectivity index (χ1) is 14.6. The number of pyridine rings is 1. The number of rotatable bonds is 6. The molecule has 0 radical (unpaired) electrons. The summed E-state index contributed by atoms with van der Waals surface area (Å²) < 4.78 is 73.6. The van der Waals surface area contributed by atoms with Gasteiger partial charge >= 0.3 is 12.2 Å². The minimum Gasteiger partial charge on any atom is -0.450 e. The molecule has 0 aliphatic carbocycles. The predicted octanol–water partition coefficient (Wildman–Crippen LogP) is 3.65. The zero-order chi connectivity index (χ0) is 22.8. The van der Waals surface area contributed by atoms with E-state index < -0.39 is 52.2 Å². The number of amides is 3. The Morgan fingerprint density at radius 3 is 2.48 bits per heavy atom. The molecule has 13 heteroatoms. The Kier molecular flexibility index (Phi) is 5.95. The van der Waals surface area contributed by atoms with Gasteiger partial charge in [-0.25, -0.2) is 18.6 Å². The van der Waals surface area contributed by atoms with E-state index in [0.29, 0.717) is 18.3 Å². The number of hydrogen-bond donors (Lipinski definition) is 4. The molecule has 0 saturated heterocycles. The molecule has 8 nitrogen and oxygen atoms in total. The first-order valence-electron chi connectivity index (χ1n) is 8.59. The number of anilines is 1. The molecular formula is C18H14F5N5O3. The molecule has 3 amide bonds. The number of urea groups is 1. The van der Waals surface area contributed by atoms with Gasteiger partial charge in [0.15, 0.2) is 17.4 Å². The van der Waals surface area contributed by atoms with Crippen LogP contribution in [0.5, 0.6) is 11.5 Å². The average Bonchev–Trinajstić information content (AvgIpc) is 3.09. The van der Waals surface area contributed by atoms with Crippen molar-refractivity contribution in [2.45, 2.75) is 12.6 Å². The van der Waals surface area contributed by atoms with Crippen LogP contribution in [0.1, 0.15) is 12.0 Å². The molecule has 1 aromatic carbocycles. The van der Waals surface area contributed by atoms with E-state index in [9.17, 15) is 31.5 Å². The number of fused-ring (bicyclic) bond motifs is 1. The maximum Gasteiger partial charge on any atom is 0.418 e. The summed E-state index contributed by atoms with van der Waals surface area (Å²) in [7, 11) is 0. The van der Waals surface area contributed by atoms with Crippen LogP contribution in [0.4, 0.5) is 32.4 Å². The number of nitrogens with one attached hydrogen (secondary N) is 3. The van der Waals surface area contributed by atoms with Gasteiger partial charge in [0.25, 0.3) is 0 Å². The SMILES string of the molecule is NC(=O)CCNC(=O)Nc1cc(F)c(Oc2ccnc3[nH]cc(C(F)(F)F)c23)c(F)c1. The van der Waals surface area contributed by atoms with Crippen LogP contribution < -0.4 is 21.1 Å². The van der Waals surface area contributed by atoms with Crippen LogP contribution >= 0.6 is 0 Å². The lowest BCUT2D eigenvalue weighted by Gasteiger charge is -2.13. The smallest absolute Gasteiger partial charge is 0.418 e. The number of primary amides is 1. The highest BCUT2D eigenvalue weighted by molar-refractivity contribution is 5.90. The van der Waals surface area contributed by atoms with Crippen molar-refractivity contribution in [3.8, 4) is 11.5 Å². The third-order valence-electron chi connectivity index (χ3n) is 3.97. The van der Waals surface area contributed by atoms with Crippen LogP contribution in [0.15, 0.2) is 30.6 Å². The summed E-state index contributed by atoms with van der Waals surface area (Å²) in [5, 5.41) is 3.90. The third-order valence-corrected chi connectivity index (χ3v) is 3.97. The van der Waals surface area contributed by atoms with Gasteiger partial charge in [-0.3, -0.25) is 4.79 Å². The number of H-pyrrole nitrogens is 1. The van der Waals surface area contributed by atoms with Crippen molar-refractivity contribution in [2.75, 3.05) is 11.9 Å². The zero-order valence-electron chi connectivity index (χ0n) is 15.4. The minimum absolute atomic E-state index is 0.0937. The number of carbonyl (C=O) groups is 2. The largest absolute Gasteiger partial charge is 0.450 e. The van der Waals surface area contributed by atoms with Crippen LogP contribution in [0, 0.1) is 11.6 Å². The Labute approximate surface area is 170 Å². The second-order valence-corrected chi connectivity index (χ2v) is 6.20. The van der Waals surface area contributed by atoms with Crippen molar-refractivity contribution in [3.05, 3.63) is 47.8 Å². The monoisotopic (exact) mass is 443 g/mol. The Bertz CT molecular complexity index is 1120. The molecule has 0 fully saturated rings. The molecule has 0 saturated carbocycles. The number of aromatic amines is 1. The van der Waals surface area contributed by atoms with Crippen molar-refractivity contribution in [1.82, 2.24) is 15.3 Å². The van der Waals surface area contributed by atoms with Gasteiger partial charge in [-0.2, -0.15) is 13.2 Å². The molecule has 2 heterocycles. The van der Waals surface area contributed by atoms with Gasteiger partial charge in [-0.1, -0.05) is 0 Å². The van der Waals surface area contributed by atoms with E-state index in [1.807, 2.05) is 0 Å². The molecule has 0 aliphatic rings. The van der Waals surface area contributed by atoms with E-state index in [1.165, 1.54) is 0 Å². The molecule has 0 atom stereocenters. The Morgan fingerprint density at radius 2 is 1.87 bits per heavy atom. The molecule has 0 bridgehead atoms. The first-order valence-corrected chi connectivity index (χ1v) is 8.59. The van der Waals surface area contributed by atoms with E-state index in [-0.39, 0.29) is 24.3 Å². The number of hydrogen-bond acceptors (Lipinski definition) is 4. The van der Waals surface area contributed by atoms with E-state index in [2.05, 4.69) is 20.6 Å². The second kappa shape index (κ2) is 8.45. The van der Waals surface area contributed by atoms with Crippen LogP contribution in [-0.4, -0.2) is 28.5 Å². The molecule has 0 unspecified atom stereocenters. The van der Waals surface area contributed by atoms with Gasteiger partial charge in [0.2, 0.25) is 5.91 Å². The van der Waals surface area contributed by atoms with E-state index in [4.69, 9.17) is 10.5 Å². The second-order valence-electron chi connectivity index (χ2n) is 6.20. The summed E-state index contributed by atoms with van der Waals surface area (Å²) in [5.74, 6) is -4.65. The van der Waals surface area contributed by atoms with Gasteiger partial charge in [-0.05, 0) is 6.07 Å². The highest BCUT2D eigenvalue weighted by Crippen LogP contribution is 2.40. The fraction of sp³-hybridized carbons (Fsp3) is 0.167. The van der Waals surface area contributed by atoms with Gasteiger partial charge in [-0.15, -0.1) is 0 Å². The van der Waals surface area contributed by atoms with Crippen molar-refractivity contribution >= 4 is 28.7 Å². The summed E-state index contributed by atoms with van der Waals surface area (Å²) in [6.45, 7) is -0.0937. The number of carbonyl (C=O) groups excluding carboxylic acids is 2. The number of halogens is 5. The van der Waals surface area contributed by atoms with Gasteiger partial charge in [0, 0.05) is 43.2 Å². The molecule has 0 spiro atoms. The first kappa shape index (κ1) is 21.8. The van der Waals surface area contributed by atoms with Gasteiger partial charge in [0.05, 0.1) is 10.9 Å². The highest BCUT2D eigenvalue weighted by Gasteiger charge is 2.35. The number of nitrogens with two attached hydrogens (primary N) is 1. The Hall–Kier alpha value is -3.90. The molecule has 31 heavy (non-hydrogen) atoms. The molecule has 0 aliphatic heterocycles. The molecule has 164 valence electrons. The normalized spacial score (nSPS) is 11.4. The van der Waals surface area contributed by atoms with Crippen molar-refractivity contribution in [1.29, 1.82) is 0 Å². The molecular weight excluding hydrogens is 429 g/mol. The maximum atomic E-state index is 14.4. The fourth-order valence-electron chi connectivity index (χ4n) is 2.65. The number of aromatic nitrogens is 2. The van der Waals surface area contributed by atoms with Gasteiger partial charge < -0.3 is 26.1 Å². The quantitative estimate of drug-likeness (QED) is 0.435. The summed E-state index contributed by atoms with van der Waals surface area (Å²) in [6, 6.07) is 1.60. The average molecular weight is 443 g/mol. The maximum absolute atomic E-state index is 14.4. The van der Waals surface area contributed by atoms with Crippen LogP contribution in [0.3, 0.4) is 0 Å². The van der Waals surface area contributed by atoms with Gasteiger partial charge in [0.1, 0.15) is 11.4 Å². The van der Waals surface area contributed by atoms with Crippen molar-refractivity contribution in [2.24, 2.45) is 5.73 Å². The molecule has 5 N–H and O–H groups in total. The number of benzene rings is 1. The zero-order valence-corrected chi connectivity index (χ0v) is 15.4. The lowest BCUT2D eigenvalue weighted by Crippen LogP contribution is -2.31. The predicted molar refractivity (Wildman–Crippen MR) is 98.4 cm³/mol. The van der Waals surface area contributed by atoms with Crippen molar-refractivity contribution < 1.29 is 36.3 Å². The standard InChI is InChI=1S/C18H14F5N5O3/c19-10-5-8(28-17(30)26-4-2-13(24)29)6-11(20)15(10)31-12-1-3-25-16-14(12)9(7-27-16)18(21,22)23/h1,3,5-7H,2,4H2,(H2,24,29)(H,25,27)(H2,26,28,30). The fourth-order valence-corrected chi connectivity index (χ4v) is 2.65.